The summed E-state index contributed by atoms with van der Waals surface area (Å²) in [6.45, 7) is 4.78. The minimum atomic E-state index is -0.316. The van der Waals surface area contributed by atoms with Gasteiger partial charge in [0.25, 0.3) is 0 Å². The number of anilines is 1. The molecule has 31 heavy (non-hydrogen) atoms. The molecule has 0 radical (unpaired) electrons. The third-order valence-corrected chi connectivity index (χ3v) is 6.47. The number of carbonyl (C=O) groups is 1. The Morgan fingerprint density at radius 1 is 1.06 bits per heavy atom. The third kappa shape index (κ3) is 3.84. The number of fused-ring (bicyclic) bond motifs is 1. The fraction of sp³-hybridized carbons (Fsp3) is 0.261. The molecule has 0 spiro atoms. The average molecular weight is 434 g/mol. The summed E-state index contributed by atoms with van der Waals surface area (Å²) in [6.07, 6.45) is 1.80. The zero-order chi connectivity index (χ0) is 21.2. The first kappa shape index (κ1) is 19.8. The highest BCUT2D eigenvalue weighted by Gasteiger charge is 2.26. The van der Waals surface area contributed by atoms with Crippen molar-refractivity contribution in [3.05, 3.63) is 66.4 Å². The number of Topliss-reactive ketones (excluding diaryl/α,β-unsaturated/α-hetero) is 1. The Morgan fingerprint density at radius 3 is 2.61 bits per heavy atom. The van der Waals surface area contributed by atoms with E-state index in [1.807, 2.05) is 66.1 Å². The maximum absolute atomic E-state index is 13.3. The summed E-state index contributed by atoms with van der Waals surface area (Å²) in [7, 11) is 0. The zero-order valence-electron chi connectivity index (χ0n) is 17.2. The summed E-state index contributed by atoms with van der Waals surface area (Å²) in [4.78, 5) is 18.6. The number of thioether (sulfide) groups is 1. The van der Waals surface area contributed by atoms with Crippen LogP contribution in [-0.2, 0) is 4.74 Å². The molecule has 3 heterocycles. The standard InChI is InChI=1S/C23H23N5O2S/c1-16(21(29)19-15-24-20-10-6-5-9-18(19)20)31-23-26-25-22(27-11-13-30-14-12-27)28(23)17-7-3-2-4-8-17/h2-10,15-16,24H,11-14H2,1H3/t16-/m0/s1. The summed E-state index contributed by atoms with van der Waals surface area (Å²) in [6, 6.07) is 17.9. The van der Waals surface area contributed by atoms with E-state index in [0.717, 1.165) is 35.6 Å². The van der Waals surface area contributed by atoms with Gasteiger partial charge in [-0.1, -0.05) is 48.2 Å². The minimum Gasteiger partial charge on any atom is -0.378 e. The van der Waals surface area contributed by atoms with E-state index in [1.165, 1.54) is 11.8 Å². The molecule has 8 heteroatoms. The average Bonchev–Trinajstić information content (AvgIpc) is 3.44. The van der Waals surface area contributed by atoms with Crippen LogP contribution in [0.4, 0.5) is 5.95 Å². The van der Waals surface area contributed by atoms with E-state index < -0.39 is 0 Å². The van der Waals surface area contributed by atoms with Crippen LogP contribution >= 0.6 is 11.8 Å². The normalized spacial score (nSPS) is 15.3. The predicted octanol–water partition coefficient (Wildman–Crippen LogP) is 3.95. The first-order chi connectivity index (χ1) is 15.2. The lowest BCUT2D eigenvalue weighted by molar-refractivity contribution is 0.0995. The number of carbonyl (C=O) groups excluding carboxylic acids is 1. The van der Waals surface area contributed by atoms with Gasteiger partial charge in [0.05, 0.1) is 24.2 Å². The van der Waals surface area contributed by atoms with Gasteiger partial charge in [0.1, 0.15) is 0 Å². The SMILES string of the molecule is C[C@H](Sc1nnc(N2CCOCC2)n1-c1ccccc1)C(=O)c1c[nH]c2ccccc12. The second-order valence-corrected chi connectivity index (χ2v) is 8.73. The molecule has 158 valence electrons. The number of ketones is 1. The monoisotopic (exact) mass is 433 g/mol. The molecule has 4 aromatic rings. The number of nitrogens with zero attached hydrogens (tertiary/aromatic N) is 4. The van der Waals surface area contributed by atoms with Gasteiger partial charge in [-0.2, -0.15) is 0 Å². The fourth-order valence-electron chi connectivity index (χ4n) is 3.82. The Bertz CT molecular complexity index is 1200. The Morgan fingerprint density at radius 2 is 1.81 bits per heavy atom. The molecular weight excluding hydrogens is 410 g/mol. The summed E-state index contributed by atoms with van der Waals surface area (Å²) >= 11 is 1.43. The number of benzene rings is 2. The fourth-order valence-corrected chi connectivity index (χ4v) is 4.75. The van der Waals surface area contributed by atoms with Crippen molar-refractivity contribution in [2.75, 3.05) is 31.2 Å². The molecule has 1 aliphatic rings. The van der Waals surface area contributed by atoms with Crippen LogP contribution in [0.1, 0.15) is 17.3 Å². The molecule has 1 N–H and O–H groups in total. The third-order valence-electron chi connectivity index (χ3n) is 5.43. The van der Waals surface area contributed by atoms with Crippen molar-refractivity contribution < 1.29 is 9.53 Å². The number of H-pyrrole nitrogens is 1. The van der Waals surface area contributed by atoms with Crippen molar-refractivity contribution in [3.8, 4) is 5.69 Å². The van der Waals surface area contributed by atoms with E-state index in [-0.39, 0.29) is 11.0 Å². The highest BCUT2D eigenvalue weighted by atomic mass is 32.2. The van der Waals surface area contributed by atoms with Crippen LogP contribution in [0.25, 0.3) is 16.6 Å². The van der Waals surface area contributed by atoms with E-state index in [2.05, 4.69) is 20.1 Å². The lowest BCUT2D eigenvalue weighted by atomic mass is 10.1. The quantitative estimate of drug-likeness (QED) is 0.367. The van der Waals surface area contributed by atoms with Crippen molar-refractivity contribution in [3.63, 3.8) is 0 Å². The number of ether oxygens (including phenoxy) is 1. The smallest absolute Gasteiger partial charge is 0.232 e. The van der Waals surface area contributed by atoms with Crippen LogP contribution in [0.3, 0.4) is 0 Å². The zero-order valence-corrected chi connectivity index (χ0v) is 18.0. The molecular formula is C23H23N5O2S. The Hall–Kier alpha value is -3.10. The van der Waals surface area contributed by atoms with E-state index in [0.29, 0.717) is 23.9 Å². The number of morpholine rings is 1. The summed E-state index contributed by atoms with van der Waals surface area (Å²) < 4.78 is 7.53. The minimum absolute atomic E-state index is 0.0676. The summed E-state index contributed by atoms with van der Waals surface area (Å²) in [5.74, 6) is 0.849. The molecule has 5 rings (SSSR count). The highest BCUT2D eigenvalue weighted by molar-refractivity contribution is 8.00. The van der Waals surface area contributed by atoms with Gasteiger partial charge >= 0.3 is 0 Å². The van der Waals surface area contributed by atoms with Crippen LogP contribution in [0.15, 0.2) is 66.0 Å². The molecule has 0 aliphatic carbocycles. The van der Waals surface area contributed by atoms with Gasteiger partial charge in [-0.3, -0.25) is 9.36 Å². The van der Waals surface area contributed by atoms with Crippen molar-refractivity contribution in [2.45, 2.75) is 17.3 Å². The maximum Gasteiger partial charge on any atom is 0.232 e. The molecule has 1 saturated heterocycles. The van der Waals surface area contributed by atoms with E-state index in [1.54, 1.807) is 6.20 Å². The van der Waals surface area contributed by atoms with Gasteiger partial charge in [0.2, 0.25) is 5.95 Å². The molecule has 2 aromatic carbocycles. The largest absolute Gasteiger partial charge is 0.378 e. The number of para-hydroxylation sites is 2. The van der Waals surface area contributed by atoms with Crippen LogP contribution in [0.5, 0.6) is 0 Å². The van der Waals surface area contributed by atoms with Crippen LogP contribution in [0.2, 0.25) is 0 Å². The summed E-state index contributed by atoms with van der Waals surface area (Å²) in [5.41, 5.74) is 2.64. The van der Waals surface area contributed by atoms with Crippen molar-refractivity contribution in [1.82, 2.24) is 19.7 Å². The Kier molecular flexibility index (Phi) is 5.48. The van der Waals surface area contributed by atoms with E-state index in [4.69, 9.17) is 4.74 Å². The number of nitrogens with one attached hydrogen (secondary N) is 1. The number of hydrogen-bond acceptors (Lipinski definition) is 6. The predicted molar refractivity (Wildman–Crippen MR) is 122 cm³/mol. The molecule has 0 unspecified atom stereocenters. The maximum atomic E-state index is 13.3. The number of aromatic nitrogens is 4. The molecule has 1 aliphatic heterocycles. The van der Waals surface area contributed by atoms with E-state index >= 15 is 0 Å². The number of hydrogen-bond donors (Lipinski definition) is 1. The van der Waals surface area contributed by atoms with Gasteiger partial charge in [-0.15, -0.1) is 10.2 Å². The molecule has 7 nitrogen and oxygen atoms in total. The van der Waals surface area contributed by atoms with Gasteiger partial charge < -0.3 is 14.6 Å². The Labute approximate surface area is 184 Å². The second-order valence-electron chi connectivity index (χ2n) is 7.43. The molecule has 1 fully saturated rings. The first-order valence-electron chi connectivity index (χ1n) is 10.3. The topological polar surface area (TPSA) is 76.0 Å². The van der Waals surface area contributed by atoms with Crippen LogP contribution < -0.4 is 4.90 Å². The Balaban J connectivity index is 1.47. The van der Waals surface area contributed by atoms with Gasteiger partial charge in [-0.25, -0.2) is 0 Å². The van der Waals surface area contributed by atoms with E-state index in [9.17, 15) is 4.79 Å². The molecule has 2 aromatic heterocycles. The van der Waals surface area contributed by atoms with Gasteiger partial charge in [0.15, 0.2) is 10.9 Å². The summed E-state index contributed by atoms with van der Waals surface area (Å²) in [5, 5.41) is 10.3. The molecule has 0 saturated carbocycles. The van der Waals surface area contributed by atoms with Crippen LogP contribution in [0, 0.1) is 0 Å². The van der Waals surface area contributed by atoms with Gasteiger partial charge in [0, 0.05) is 35.8 Å². The van der Waals surface area contributed by atoms with Crippen LogP contribution in [-0.4, -0.2) is 57.1 Å². The van der Waals surface area contributed by atoms with Crippen molar-refractivity contribution in [1.29, 1.82) is 0 Å². The number of aromatic amines is 1. The lowest BCUT2D eigenvalue weighted by Crippen LogP contribution is -2.37. The molecule has 1 atom stereocenters. The second kappa shape index (κ2) is 8.56. The molecule has 0 bridgehead atoms. The highest BCUT2D eigenvalue weighted by Crippen LogP contribution is 2.32. The van der Waals surface area contributed by atoms with Crippen molar-refractivity contribution in [2.24, 2.45) is 0 Å². The van der Waals surface area contributed by atoms with Crippen molar-refractivity contribution >= 4 is 34.4 Å². The first-order valence-corrected chi connectivity index (χ1v) is 11.2. The number of rotatable bonds is 6. The molecule has 0 amide bonds. The van der Waals surface area contributed by atoms with Gasteiger partial charge in [-0.05, 0) is 25.1 Å². The lowest BCUT2D eigenvalue weighted by Gasteiger charge is -2.28.